The molecule has 1 aromatic carbocycles. The van der Waals surface area contributed by atoms with E-state index in [1.165, 1.54) is 0 Å². The molecule has 0 saturated carbocycles. The molecular weight excluding hydrogens is 294 g/mol. The van der Waals surface area contributed by atoms with Gasteiger partial charge in [-0.3, -0.25) is 9.59 Å². The number of nitrogens with one attached hydrogen (secondary N) is 2. The van der Waals surface area contributed by atoms with E-state index >= 15 is 0 Å². The lowest BCUT2D eigenvalue weighted by Gasteiger charge is -2.10. The Morgan fingerprint density at radius 2 is 1.90 bits per heavy atom. The molecule has 0 spiro atoms. The van der Waals surface area contributed by atoms with E-state index in [2.05, 4.69) is 10.4 Å². The average Bonchev–Trinajstić information content (AvgIpc) is 2.40. The van der Waals surface area contributed by atoms with E-state index in [1.807, 2.05) is 5.10 Å². The second kappa shape index (κ2) is 5.35. The number of hydrogen-bond acceptors (Lipinski definition) is 3. The first-order chi connectivity index (χ1) is 9.79. The van der Waals surface area contributed by atoms with Crippen molar-refractivity contribution in [3.8, 4) is 0 Å². The molecular formula is C12H7F4N3O2. The van der Waals surface area contributed by atoms with Crippen molar-refractivity contribution in [3.63, 3.8) is 0 Å². The maximum absolute atomic E-state index is 13.7. The molecule has 0 bridgehead atoms. The lowest BCUT2D eigenvalue weighted by Crippen LogP contribution is -2.19. The van der Waals surface area contributed by atoms with Crippen LogP contribution in [0.1, 0.15) is 15.9 Å². The number of benzene rings is 1. The van der Waals surface area contributed by atoms with Crippen molar-refractivity contribution in [1.29, 1.82) is 0 Å². The smallest absolute Gasteiger partial charge is 0.305 e. The van der Waals surface area contributed by atoms with Gasteiger partial charge in [0.1, 0.15) is 5.82 Å². The minimum Gasteiger partial charge on any atom is -0.305 e. The molecule has 5 nitrogen and oxygen atoms in total. The number of alkyl halides is 3. The van der Waals surface area contributed by atoms with Crippen LogP contribution in [0.15, 0.2) is 35.1 Å². The molecule has 0 aliphatic heterocycles. The SMILES string of the molecule is O=C(Nc1ccc(=O)[nH]n1)c1cccc(C(F)(F)F)c1F. The van der Waals surface area contributed by atoms with Gasteiger partial charge in [-0.15, -0.1) is 0 Å². The molecule has 0 unspecified atom stereocenters. The van der Waals surface area contributed by atoms with E-state index < -0.39 is 34.6 Å². The normalized spacial score (nSPS) is 11.2. The third-order valence-corrected chi connectivity index (χ3v) is 2.47. The van der Waals surface area contributed by atoms with Crippen LogP contribution in [-0.4, -0.2) is 16.1 Å². The molecule has 0 saturated heterocycles. The summed E-state index contributed by atoms with van der Waals surface area (Å²) in [6.07, 6.45) is -4.91. The lowest BCUT2D eigenvalue weighted by atomic mass is 10.1. The minimum absolute atomic E-state index is 0.128. The summed E-state index contributed by atoms with van der Waals surface area (Å²) in [6.45, 7) is 0. The fraction of sp³-hybridized carbons (Fsp3) is 0.0833. The molecule has 0 aliphatic carbocycles. The lowest BCUT2D eigenvalue weighted by molar-refractivity contribution is -0.140. The number of carbonyl (C=O) groups is 1. The first-order valence-corrected chi connectivity index (χ1v) is 5.52. The van der Waals surface area contributed by atoms with E-state index in [-0.39, 0.29) is 5.82 Å². The summed E-state index contributed by atoms with van der Waals surface area (Å²) in [5.74, 6) is -2.92. The van der Waals surface area contributed by atoms with Gasteiger partial charge in [0.25, 0.3) is 11.5 Å². The van der Waals surface area contributed by atoms with Crippen LogP contribution in [0.5, 0.6) is 0 Å². The zero-order valence-corrected chi connectivity index (χ0v) is 10.2. The number of hydrogen-bond donors (Lipinski definition) is 2. The monoisotopic (exact) mass is 301 g/mol. The Balaban J connectivity index is 2.32. The topological polar surface area (TPSA) is 74.8 Å². The number of halogens is 4. The van der Waals surface area contributed by atoms with Crippen molar-refractivity contribution in [2.24, 2.45) is 0 Å². The van der Waals surface area contributed by atoms with Gasteiger partial charge in [-0.1, -0.05) is 6.07 Å². The number of aromatic nitrogens is 2. The molecule has 2 aromatic rings. The van der Waals surface area contributed by atoms with E-state index in [9.17, 15) is 27.2 Å². The number of H-pyrrole nitrogens is 1. The Hall–Kier alpha value is -2.71. The standard InChI is InChI=1S/C12H7F4N3O2/c13-10-6(2-1-3-7(10)12(14,15)16)11(21)17-8-4-5-9(20)19-18-8/h1-5H,(H,19,20)(H,17,18,21). The average molecular weight is 301 g/mol. The molecule has 0 fully saturated rings. The van der Waals surface area contributed by atoms with Crippen molar-refractivity contribution in [2.75, 3.05) is 5.32 Å². The predicted octanol–water partition coefficient (Wildman–Crippen LogP) is 2.18. The largest absolute Gasteiger partial charge is 0.419 e. The van der Waals surface area contributed by atoms with E-state index in [4.69, 9.17) is 0 Å². The van der Waals surface area contributed by atoms with Crippen LogP contribution in [0, 0.1) is 5.82 Å². The fourth-order valence-electron chi connectivity index (χ4n) is 1.52. The Labute approximate surface area is 114 Å². The van der Waals surface area contributed by atoms with Gasteiger partial charge in [0.15, 0.2) is 5.82 Å². The zero-order chi connectivity index (χ0) is 15.6. The molecule has 21 heavy (non-hydrogen) atoms. The van der Waals surface area contributed by atoms with Gasteiger partial charge in [0, 0.05) is 6.07 Å². The van der Waals surface area contributed by atoms with Crippen LogP contribution >= 0.6 is 0 Å². The van der Waals surface area contributed by atoms with Crippen LogP contribution in [0.25, 0.3) is 0 Å². The molecule has 0 radical (unpaired) electrons. The van der Waals surface area contributed by atoms with Crippen molar-refractivity contribution in [2.45, 2.75) is 6.18 Å². The van der Waals surface area contributed by atoms with Crippen molar-refractivity contribution >= 4 is 11.7 Å². The maximum atomic E-state index is 13.7. The highest BCUT2D eigenvalue weighted by atomic mass is 19.4. The molecule has 9 heteroatoms. The second-order valence-corrected chi connectivity index (χ2v) is 3.93. The van der Waals surface area contributed by atoms with Gasteiger partial charge in [0.2, 0.25) is 0 Å². The highest BCUT2D eigenvalue weighted by Gasteiger charge is 2.35. The summed E-state index contributed by atoms with van der Waals surface area (Å²) in [5.41, 5.74) is -2.85. The number of carbonyl (C=O) groups excluding carboxylic acids is 1. The third kappa shape index (κ3) is 3.25. The maximum Gasteiger partial charge on any atom is 0.419 e. The predicted molar refractivity (Wildman–Crippen MR) is 64.2 cm³/mol. The molecule has 2 N–H and O–H groups in total. The Morgan fingerprint density at radius 3 is 2.48 bits per heavy atom. The number of aromatic amines is 1. The number of anilines is 1. The molecule has 110 valence electrons. The number of nitrogens with zero attached hydrogens (tertiary/aromatic N) is 1. The van der Waals surface area contributed by atoms with Gasteiger partial charge < -0.3 is 5.32 Å². The van der Waals surface area contributed by atoms with Crippen molar-refractivity contribution < 1.29 is 22.4 Å². The first-order valence-electron chi connectivity index (χ1n) is 5.52. The molecule has 1 heterocycles. The van der Waals surface area contributed by atoms with Gasteiger partial charge >= 0.3 is 6.18 Å². The molecule has 1 amide bonds. The first kappa shape index (κ1) is 14.7. The van der Waals surface area contributed by atoms with E-state index in [0.717, 1.165) is 24.3 Å². The van der Waals surface area contributed by atoms with Crippen LogP contribution < -0.4 is 10.9 Å². The van der Waals surface area contributed by atoms with Crippen LogP contribution in [0.4, 0.5) is 23.4 Å². The number of amides is 1. The summed E-state index contributed by atoms with van der Waals surface area (Å²) in [5, 5.41) is 7.52. The van der Waals surface area contributed by atoms with Crippen LogP contribution in [-0.2, 0) is 6.18 Å². The Morgan fingerprint density at radius 1 is 1.19 bits per heavy atom. The van der Waals surface area contributed by atoms with E-state index in [1.54, 1.807) is 0 Å². The quantitative estimate of drug-likeness (QED) is 0.835. The van der Waals surface area contributed by atoms with E-state index in [0.29, 0.717) is 6.07 Å². The molecule has 0 atom stereocenters. The molecule has 1 aromatic heterocycles. The minimum atomic E-state index is -4.91. The summed E-state index contributed by atoms with van der Waals surface area (Å²) in [6, 6.07) is 4.53. The molecule has 2 rings (SSSR count). The molecule has 0 aliphatic rings. The second-order valence-electron chi connectivity index (χ2n) is 3.93. The van der Waals surface area contributed by atoms with Gasteiger partial charge in [-0.25, -0.2) is 9.49 Å². The Kier molecular flexibility index (Phi) is 3.74. The summed E-state index contributed by atoms with van der Waals surface area (Å²) in [7, 11) is 0. The highest BCUT2D eigenvalue weighted by Crippen LogP contribution is 2.32. The van der Waals surface area contributed by atoms with Crippen molar-refractivity contribution in [3.05, 3.63) is 57.6 Å². The van der Waals surface area contributed by atoms with Crippen molar-refractivity contribution in [1.82, 2.24) is 10.2 Å². The fourth-order valence-corrected chi connectivity index (χ4v) is 1.52. The third-order valence-electron chi connectivity index (χ3n) is 2.47. The van der Waals surface area contributed by atoms with Gasteiger partial charge in [-0.2, -0.15) is 18.3 Å². The highest BCUT2D eigenvalue weighted by molar-refractivity contribution is 6.04. The number of rotatable bonds is 2. The van der Waals surface area contributed by atoms with Crippen LogP contribution in [0.3, 0.4) is 0 Å². The summed E-state index contributed by atoms with van der Waals surface area (Å²) >= 11 is 0. The van der Waals surface area contributed by atoms with Gasteiger partial charge in [-0.05, 0) is 18.2 Å². The van der Waals surface area contributed by atoms with Gasteiger partial charge in [0.05, 0.1) is 11.1 Å². The summed E-state index contributed by atoms with van der Waals surface area (Å²) in [4.78, 5) is 22.5. The van der Waals surface area contributed by atoms with Crippen LogP contribution in [0.2, 0.25) is 0 Å². The Bertz CT molecular complexity index is 720. The summed E-state index contributed by atoms with van der Waals surface area (Å²) < 4.78 is 51.3. The zero-order valence-electron chi connectivity index (χ0n) is 10.2.